The highest BCUT2D eigenvalue weighted by molar-refractivity contribution is 7.95. The molecule has 0 bridgehead atoms. The summed E-state index contributed by atoms with van der Waals surface area (Å²) in [4.78, 5) is 10.0. The van der Waals surface area contributed by atoms with Crippen molar-refractivity contribution in [1.29, 1.82) is 0 Å². The predicted octanol–water partition coefficient (Wildman–Crippen LogP) is 0.957. The van der Waals surface area contributed by atoms with Crippen LogP contribution in [0.4, 0.5) is 5.69 Å². The third kappa shape index (κ3) is 3.77. The number of methoxy groups -OCH3 is 1. The number of ether oxygens (including phenoxy) is 1. The quantitative estimate of drug-likeness (QED) is 0.446. The fourth-order valence-electron chi connectivity index (χ4n) is 1.06. The zero-order valence-electron chi connectivity index (χ0n) is 9.13. The molecule has 90 valence electrons. The Morgan fingerprint density at radius 2 is 2.06 bits per heavy atom. The summed E-state index contributed by atoms with van der Waals surface area (Å²) in [5.74, 6) is 2.42. The lowest BCUT2D eigenvalue weighted by molar-refractivity contribution is -0.385. The third-order valence-corrected chi connectivity index (χ3v) is 2.23. The molecule has 6 nitrogen and oxygen atoms in total. The second-order valence-corrected chi connectivity index (χ2v) is 4.89. The van der Waals surface area contributed by atoms with Gasteiger partial charge >= 0.3 is 5.69 Å². The van der Waals surface area contributed by atoms with Crippen molar-refractivity contribution in [3.63, 3.8) is 0 Å². The first-order valence-corrected chi connectivity index (χ1v) is 6.28. The van der Waals surface area contributed by atoms with Gasteiger partial charge in [0.2, 0.25) is 9.84 Å². The summed E-state index contributed by atoms with van der Waals surface area (Å²) in [6.07, 6.45) is 0.975. The molecule has 0 spiro atoms. The van der Waals surface area contributed by atoms with Crippen LogP contribution in [0.25, 0.3) is 0 Å². The van der Waals surface area contributed by atoms with E-state index in [1.54, 1.807) is 0 Å². The lowest BCUT2D eigenvalue weighted by Crippen LogP contribution is -1.94. The minimum Gasteiger partial charge on any atom is -0.490 e. The van der Waals surface area contributed by atoms with Crippen molar-refractivity contribution >= 4 is 15.5 Å². The van der Waals surface area contributed by atoms with Crippen LogP contribution in [0, 0.1) is 21.3 Å². The maximum Gasteiger partial charge on any atom is 0.310 e. The Bertz CT molecular complexity index is 609. The normalized spacial score (nSPS) is 10.2. The van der Waals surface area contributed by atoms with Gasteiger partial charge in [-0.25, -0.2) is 8.42 Å². The smallest absolute Gasteiger partial charge is 0.310 e. The molecule has 0 radical (unpaired) electrons. The minimum atomic E-state index is -3.40. The summed E-state index contributed by atoms with van der Waals surface area (Å²) in [6, 6.07) is 3.89. The number of nitro benzene ring substituents is 1. The first-order chi connectivity index (χ1) is 7.83. The van der Waals surface area contributed by atoms with E-state index in [0.717, 1.165) is 6.26 Å². The van der Waals surface area contributed by atoms with Gasteiger partial charge in [0.05, 0.1) is 18.3 Å². The van der Waals surface area contributed by atoms with E-state index in [4.69, 9.17) is 4.74 Å². The van der Waals surface area contributed by atoms with E-state index in [1.165, 1.54) is 25.3 Å². The first kappa shape index (κ1) is 13.0. The van der Waals surface area contributed by atoms with Crippen molar-refractivity contribution in [2.24, 2.45) is 0 Å². The molecule has 0 amide bonds. The first-order valence-electron chi connectivity index (χ1n) is 4.38. The Kier molecular flexibility index (Phi) is 3.70. The molecule has 17 heavy (non-hydrogen) atoms. The van der Waals surface area contributed by atoms with Crippen LogP contribution in [0.5, 0.6) is 5.75 Å². The van der Waals surface area contributed by atoms with Crippen LogP contribution >= 0.6 is 0 Å². The molecule has 0 aromatic heterocycles. The third-order valence-electron chi connectivity index (χ3n) is 1.76. The molecule has 1 aromatic carbocycles. The summed E-state index contributed by atoms with van der Waals surface area (Å²) < 4.78 is 26.5. The Morgan fingerprint density at radius 1 is 1.41 bits per heavy atom. The number of nitro groups is 1. The van der Waals surface area contributed by atoms with Gasteiger partial charge in [-0.2, -0.15) is 0 Å². The molecule has 0 N–H and O–H groups in total. The van der Waals surface area contributed by atoms with E-state index < -0.39 is 14.8 Å². The van der Waals surface area contributed by atoms with Crippen LogP contribution in [0.2, 0.25) is 0 Å². The van der Waals surface area contributed by atoms with Gasteiger partial charge in [-0.1, -0.05) is 0 Å². The largest absolute Gasteiger partial charge is 0.490 e. The van der Waals surface area contributed by atoms with Crippen molar-refractivity contribution in [3.05, 3.63) is 33.9 Å². The van der Waals surface area contributed by atoms with E-state index in [-0.39, 0.29) is 11.4 Å². The molecule has 0 saturated heterocycles. The molecule has 0 saturated carbocycles. The Hall–Kier alpha value is -2.07. The average Bonchev–Trinajstić information content (AvgIpc) is 2.24. The van der Waals surface area contributed by atoms with E-state index in [1.807, 2.05) is 5.25 Å². The molecule has 7 heteroatoms. The predicted molar refractivity (Wildman–Crippen MR) is 61.4 cm³/mol. The fraction of sp³-hybridized carbons (Fsp3) is 0.200. The Labute approximate surface area is 98.3 Å². The van der Waals surface area contributed by atoms with Crippen LogP contribution in [-0.4, -0.2) is 26.7 Å². The number of benzene rings is 1. The second kappa shape index (κ2) is 4.84. The molecule has 0 heterocycles. The van der Waals surface area contributed by atoms with Crippen molar-refractivity contribution < 1.29 is 18.1 Å². The maximum absolute atomic E-state index is 10.8. The molecule has 0 unspecified atom stereocenters. The van der Waals surface area contributed by atoms with Crippen LogP contribution in [-0.2, 0) is 9.84 Å². The van der Waals surface area contributed by atoms with Crippen LogP contribution in [0.3, 0.4) is 0 Å². The summed E-state index contributed by atoms with van der Waals surface area (Å²) >= 11 is 0. The number of rotatable bonds is 2. The molecular formula is C10H9NO5S. The monoisotopic (exact) mass is 255 g/mol. The molecule has 1 rings (SSSR count). The molecule has 0 fully saturated rings. The molecule has 0 atom stereocenters. The van der Waals surface area contributed by atoms with Crippen LogP contribution < -0.4 is 4.74 Å². The average molecular weight is 255 g/mol. The second-order valence-electron chi connectivity index (χ2n) is 3.14. The van der Waals surface area contributed by atoms with E-state index >= 15 is 0 Å². The summed E-state index contributed by atoms with van der Waals surface area (Å²) in [5, 5.41) is 12.6. The van der Waals surface area contributed by atoms with Gasteiger partial charge in [-0.3, -0.25) is 10.1 Å². The Balaban J connectivity index is 3.22. The zero-order chi connectivity index (χ0) is 13.1. The van der Waals surface area contributed by atoms with E-state index in [2.05, 4.69) is 5.92 Å². The minimum absolute atomic E-state index is 0.0373. The standard InChI is InChI=1S/C10H9NO5S/c1-16-10-7-8(5-6-17(2,14)15)3-4-9(10)11(12)13/h3-4,7H,1-2H3. The number of sulfone groups is 1. The Morgan fingerprint density at radius 3 is 2.53 bits per heavy atom. The van der Waals surface area contributed by atoms with Gasteiger partial charge in [-0.15, -0.1) is 0 Å². The molecule has 0 aliphatic rings. The number of hydrogen-bond donors (Lipinski definition) is 0. The lowest BCUT2D eigenvalue weighted by Gasteiger charge is -2.01. The number of nitrogens with zero attached hydrogens (tertiary/aromatic N) is 1. The van der Waals surface area contributed by atoms with E-state index in [0.29, 0.717) is 5.56 Å². The maximum atomic E-state index is 10.8. The van der Waals surface area contributed by atoms with Crippen molar-refractivity contribution in [3.8, 4) is 16.9 Å². The van der Waals surface area contributed by atoms with Crippen molar-refractivity contribution in [1.82, 2.24) is 0 Å². The van der Waals surface area contributed by atoms with Gasteiger partial charge in [0.25, 0.3) is 0 Å². The molecule has 0 aliphatic carbocycles. The van der Waals surface area contributed by atoms with Gasteiger partial charge < -0.3 is 4.74 Å². The van der Waals surface area contributed by atoms with Crippen molar-refractivity contribution in [2.75, 3.05) is 13.4 Å². The van der Waals surface area contributed by atoms with Crippen LogP contribution in [0.15, 0.2) is 18.2 Å². The summed E-state index contributed by atoms with van der Waals surface area (Å²) in [6.45, 7) is 0. The summed E-state index contributed by atoms with van der Waals surface area (Å²) in [5.41, 5.74) is 0.135. The van der Waals surface area contributed by atoms with E-state index in [9.17, 15) is 18.5 Å². The molecule has 1 aromatic rings. The van der Waals surface area contributed by atoms with Gasteiger partial charge in [0.15, 0.2) is 5.75 Å². The highest BCUT2D eigenvalue weighted by Crippen LogP contribution is 2.27. The fourth-order valence-corrected chi connectivity index (χ4v) is 1.36. The van der Waals surface area contributed by atoms with Gasteiger partial charge in [-0.05, 0) is 12.0 Å². The highest BCUT2D eigenvalue weighted by Gasteiger charge is 2.13. The SMILES string of the molecule is COc1cc(C#CS(C)(=O)=O)ccc1[N+](=O)[O-]. The topological polar surface area (TPSA) is 86.5 Å². The summed E-state index contributed by atoms with van der Waals surface area (Å²) in [7, 11) is -2.12. The van der Waals surface area contributed by atoms with Crippen molar-refractivity contribution in [2.45, 2.75) is 0 Å². The zero-order valence-corrected chi connectivity index (χ0v) is 9.95. The molecule has 0 aliphatic heterocycles. The van der Waals surface area contributed by atoms with Gasteiger partial charge in [0.1, 0.15) is 0 Å². The number of hydrogen-bond acceptors (Lipinski definition) is 5. The molecular weight excluding hydrogens is 246 g/mol. The highest BCUT2D eigenvalue weighted by atomic mass is 32.2. The lowest BCUT2D eigenvalue weighted by atomic mass is 10.2. The van der Waals surface area contributed by atoms with Crippen LogP contribution in [0.1, 0.15) is 5.56 Å². The van der Waals surface area contributed by atoms with Gasteiger partial charge in [0, 0.05) is 22.9 Å².